The molecule has 1 fully saturated rings. The third kappa shape index (κ3) is 4.45. The van der Waals surface area contributed by atoms with Gasteiger partial charge in [-0.15, -0.1) is 0 Å². The molecule has 0 unspecified atom stereocenters. The van der Waals surface area contributed by atoms with Crippen molar-refractivity contribution in [2.45, 2.75) is 43.9 Å². The highest BCUT2D eigenvalue weighted by molar-refractivity contribution is 5.89. The molecule has 3 rings (SSSR count). The summed E-state index contributed by atoms with van der Waals surface area (Å²) in [7, 11) is 0. The summed E-state index contributed by atoms with van der Waals surface area (Å²) in [4.78, 5) is 12.1. The summed E-state index contributed by atoms with van der Waals surface area (Å²) < 4.78 is 11.1. The van der Waals surface area contributed by atoms with E-state index in [0.29, 0.717) is 25.0 Å². The maximum atomic E-state index is 12.1. The van der Waals surface area contributed by atoms with Crippen molar-refractivity contribution in [1.29, 1.82) is 0 Å². The first kappa shape index (κ1) is 17.6. The molecular formula is C20H22O5. The van der Waals surface area contributed by atoms with Crippen LogP contribution >= 0.6 is 0 Å². The van der Waals surface area contributed by atoms with Crippen LogP contribution in [0.1, 0.15) is 28.8 Å². The van der Waals surface area contributed by atoms with Gasteiger partial charge in [-0.2, -0.15) is 0 Å². The number of aliphatic hydroxyl groups is 2. The number of esters is 1. The third-order valence-corrected chi connectivity index (χ3v) is 4.42. The second kappa shape index (κ2) is 8.25. The smallest absolute Gasteiger partial charge is 0.338 e. The first-order valence-electron chi connectivity index (χ1n) is 8.43. The van der Waals surface area contributed by atoms with Gasteiger partial charge in [0, 0.05) is 0 Å². The fourth-order valence-electron chi connectivity index (χ4n) is 2.98. The Hall–Kier alpha value is -2.21. The molecule has 0 spiro atoms. The molecule has 25 heavy (non-hydrogen) atoms. The van der Waals surface area contributed by atoms with Gasteiger partial charge >= 0.3 is 5.97 Å². The molecular weight excluding hydrogens is 320 g/mol. The number of hydrogen-bond donors (Lipinski definition) is 2. The second-order valence-corrected chi connectivity index (χ2v) is 6.20. The van der Waals surface area contributed by atoms with Crippen LogP contribution in [0.25, 0.3) is 0 Å². The summed E-state index contributed by atoms with van der Waals surface area (Å²) >= 11 is 0. The molecule has 1 saturated carbocycles. The summed E-state index contributed by atoms with van der Waals surface area (Å²) in [6.07, 6.45) is -2.52. The average Bonchev–Trinajstić information content (AvgIpc) is 2.66. The van der Waals surface area contributed by atoms with Gasteiger partial charge in [-0.25, -0.2) is 4.79 Å². The van der Waals surface area contributed by atoms with Gasteiger partial charge in [0.05, 0.1) is 18.3 Å². The molecule has 0 aliphatic heterocycles. The number of benzene rings is 2. The van der Waals surface area contributed by atoms with Crippen LogP contribution in [-0.2, 0) is 16.1 Å². The Balaban J connectivity index is 1.54. The van der Waals surface area contributed by atoms with Crippen LogP contribution in [0.2, 0.25) is 0 Å². The quantitative estimate of drug-likeness (QED) is 0.816. The molecule has 0 radical (unpaired) electrons. The summed E-state index contributed by atoms with van der Waals surface area (Å²) in [5.41, 5.74) is 1.42. The van der Waals surface area contributed by atoms with Crippen LogP contribution in [-0.4, -0.2) is 40.6 Å². The summed E-state index contributed by atoms with van der Waals surface area (Å²) in [5, 5.41) is 20.6. The van der Waals surface area contributed by atoms with Gasteiger partial charge in [-0.1, -0.05) is 48.5 Å². The van der Waals surface area contributed by atoms with E-state index in [1.807, 2.05) is 36.4 Å². The van der Waals surface area contributed by atoms with Crippen LogP contribution < -0.4 is 0 Å². The zero-order valence-electron chi connectivity index (χ0n) is 13.8. The SMILES string of the molecule is O=C(O[C@H]1CC[C@H](OCc2ccccc2)[C@@H](O)[C@H]1O)c1ccccc1. The number of carbonyl (C=O) groups excluding carboxylic acids is 1. The largest absolute Gasteiger partial charge is 0.456 e. The predicted molar refractivity (Wildman–Crippen MR) is 91.9 cm³/mol. The minimum atomic E-state index is -1.16. The molecule has 1 aliphatic carbocycles. The Kier molecular flexibility index (Phi) is 5.81. The van der Waals surface area contributed by atoms with Gasteiger partial charge in [-0.05, 0) is 30.5 Å². The van der Waals surface area contributed by atoms with E-state index < -0.39 is 30.4 Å². The van der Waals surface area contributed by atoms with Crippen molar-refractivity contribution in [3.05, 3.63) is 71.8 Å². The highest BCUT2D eigenvalue weighted by atomic mass is 16.6. The molecule has 0 saturated heterocycles. The Morgan fingerprint density at radius 2 is 1.44 bits per heavy atom. The predicted octanol–water partition coefficient (Wildman–Crippen LogP) is 2.31. The lowest BCUT2D eigenvalue weighted by Crippen LogP contribution is -2.51. The van der Waals surface area contributed by atoms with Gasteiger partial charge in [0.15, 0.2) is 0 Å². The van der Waals surface area contributed by atoms with Crippen LogP contribution in [0.15, 0.2) is 60.7 Å². The first-order chi connectivity index (χ1) is 12.1. The molecule has 5 heteroatoms. The number of rotatable bonds is 5. The van der Waals surface area contributed by atoms with Crippen molar-refractivity contribution in [3.63, 3.8) is 0 Å². The van der Waals surface area contributed by atoms with E-state index >= 15 is 0 Å². The summed E-state index contributed by atoms with van der Waals surface area (Å²) in [6, 6.07) is 18.3. The molecule has 1 aliphatic rings. The van der Waals surface area contributed by atoms with E-state index in [9.17, 15) is 15.0 Å². The first-order valence-corrected chi connectivity index (χ1v) is 8.43. The molecule has 2 aromatic rings. The van der Waals surface area contributed by atoms with E-state index in [1.54, 1.807) is 24.3 Å². The number of carbonyl (C=O) groups is 1. The van der Waals surface area contributed by atoms with E-state index in [-0.39, 0.29) is 0 Å². The van der Waals surface area contributed by atoms with Crippen LogP contribution in [0.3, 0.4) is 0 Å². The molecule has 2 aromatic carbocycles. The van der Waals surface area contributed by atoms with Crippen molar-refractivity contribution in [2.75, 3.05) is 0 Å². The molecule has 2 N–H and O–H groups in total. The van der Waals surface area contributed by atoms with E-state index in [4.69, 9.17) is 9.47 Å². The van der Waals surface area contributed by atoms with Gasteiger partial charge in [0.25, 0.3) is 0 Å². The fourth-order valence-corrected chi connectivity index (χ4v) is 2.98. The lowest BCUT2D eigenvalue weighted by Gasteiger charge is -2.36. The molecule has 0 aromatic heterocycles. The van der Waals surface area contributed by atoms with E-state index in [2.05, 4.69) is 0 Å². The zero-order chi connectivity index (χ0) is 17.6. The minimum absolute atomic E-state index is 0.365. The van der Waals surface area contributed by atoms with Crippen molar-refractivity contribution < 1.29 is 24.5 Å². The Morgan fingerprint density at radius 1 is 0.880 bits per heavy atom. The highest BCUT2D eigenvalue weighted by Gasteiger charge is 2.40. The maximum absolute atomic E-state index is 12.1. The minimum Gasteiger partial charge on any atom is -0.456 e. The zero-order valence-corrected chi connectivity index (χ0v) is 13.8. The summed E-state index contributed by atoms with van der Waals surface area (Å²) in [5.74, 6) is -0.500. The standard InChI is InChI=1S/C20H22O5/c21-18-16(24-13-14-7-3-1-4-8-14)11-12-17(19(18)22)25-20(23)15-9-5-2-6-10-15/h1-10,16-19,21-22H,11-13H2/t16-,17-,18+,19-/m0/s1. The van der Waals surface area contributed by atoms with Gasteiger partial charge in [0.2, 0.25) is 0 Å². The molecule has 0 amide bonds. The second-order valence-electron chi connectivity index (χ2n) is 6.20. The van der Waals surface area contributed by atoms with E-state index in [1.165, 1.54) is 0 Å². The lowest BCUT2D eigenvalue weighted by molar-refractivity contribution is -0.158. The Morgan fingerprint density at radius 3 is 2.12 bits per heavy atom. The van der Waals surface area contributed by atoms with Crippen LogP contribution in [0.5, 0.6) is 0 Å². The number of hydrogen-bond acceptors (Lipinski definition) is 5. The van der Waals surface area contributed by atoms with E-state index in [0.717, 1.165) is 5.56 Å². The Bertz CT molecular complexity index is 673. The lowest BCUT2D eigenvalue weighted by atomic mass is 9.89. The molecule has 0 bridgehead atoms. The summed E-state index contributed by atoms with van der Waals surface area (Å²) in [6.45, 7) is 0.365. The average molecular weight is 342 g/mol. The monoisotopic (exact) mass is 342 g/mol. The van der Waals surface area contributed by atoms with Crippen molar-refractivity contribution in [1.82, 2.24) is 0 Å². The van der Waals surface area contributed by atoms with Gasteiger partial charge in [0.1, 0.15) is 18.3 Å². The Labute approximate surface area is 146 Å². The molecule has 5 nitrogen and oxygen atoms in total. The molecule has 132 valence electrons. The molecule has 0 heterocycles. The van der Waals surface area contributed by atoms with Gasteiger partial charge < -0.3 is 19.7 Å². The van der Waals surface area contributed by atoms with Crippen LogP contribution in [0.4, 0.5) is 0 Å². The maximum Gasteiger partial charge on any atom is 0.338 e. The van der Waals surface area contributed by atoms with Crippen LogP contribution in [0, 0.1) is 0 Å². The number of ether oxygens (including phenoxy) is 2. The van der Waals surface area contributed by atoms with Crippen molar-refractivity contribution in [2.24, 2.45) is 0 Å². The third-order valence-electron chi connectivity index (χ3n) is 4.42. The van der Waals surface area contributed by atoms with Gasteiger partial charge in [-0.3, -0.25) is 0 Å². The topological polar surface area (TPSA) is 76.0 Å². The molecule has 4 atom stereocenters. The highest BCUT2D eigenvalue weighted by Crippen LogP contribution is 2.26. The van der Waals surface area contributed by atoms with Crippen molar-refractivity contribution >= 4 is 5.97 Å². The number of aliphatic hydroxyl groups excluding tert-OH is 2. The normalized spacial score (nSPS) is 26.2. The van der Waals surface area contributed by atoms with Crippen molar-refractivity contribution in [3.8, 4) is 0 Å². The fraction of sp³-hybridized carbons (Fsp3) is 0.350.